The molecule has 1 aliphatic heterocycles. The highest BCUT2D eigenvalue weighted by atomic mass is 16.6. The van der Waals surface area contributed by atoms with Crippen LogP contribution in [0.5, 0.6) is 0 Å². The topological polar surface area (TPSA) is 35.6 Å². The predicted molar refractivity (Wildman–Crippen MR) is 19.2 cm³/mol. The molecule has 1 saturated heterocycles. The molecule has 0 spiro atoms. The minimum atomic E-state index is 0.0185. The van der Waals surface area contributed by atoms with Crippen LogP contribution >= 0.6 is 0 Å². The largest absolute Gasteiger partial charge is 0.854 e. The summed E-state index contributed by atoms with van der Waals surface area (Å²) in [5.41, 5.74) is 0. The van der Waals surface area contributed by atoms with E-state index in [4.69, 9.17) is 4.74 Å². The molecule has 0 aromatic heterocycles. The first-order valence-electron chi connectivity index (χ1n) is 2.13. The summed E-state index contributed by atoms with van der Waals surface area (Å²) in [5, 5.41) is 9.70. The molecule has 1 fully saturated rings. The molecule has 0 aliphatic carbocycles. The number of hydrogen-bond donors (Lipinski definition) is 0. The van der Waals surface area contributed by atoms with Crippen LogP contribution in [-0.2, 0) is 4.74 Å². The van der Waals surface area contributed by atoms with Gasteiger partial charge in [0.05, 0.1) is 12.7 Å². The summed E-state index contributed by atoms with van der Waals surface area (Å²) < 4.78 is 4.75. The van der Waals surface area contributed by atoms with Crippen LogP contribution in [0.2, 0.25) is 0 Å². The lowest BCUT2D eigenvalue weighted by Gasteiger charge is -1.94. The molecule has 1 atom stereocenters. The van der Waals surface area contributed by atoms with Gasteiger partial charge < -0.3 is 9.84 Å². The van der Waals surface area contributed by atoms with Gasteiger partial charge in [-0.2, -0.15) is 0 Å². The standard InChI is InChI=1S/C4H7O2/c5-2-1-4-3-6-4/h4H,1-3H2/q-1. The van der Waals surface area contributed by atoms with Gasteiger partial charge in [-0.3, -0.25) is 0 Å². The first kappa shape index (κ1) is 4.09. The molecule has 36 valence electrons. The first-order valence-corrected chi connectivity index (χ1v) is 2.13. The predicted octanol–water partition coefficient (Wildman–Crippen LogP) is -0.864. The first-order chi connectivity index (χ1) is 2.93. The Labute approximate surface area is 36.7 Å². The van der Waals surface area contributed by atoms with Crippen molar-refractivity contribution in [1.82, 2.24) is 0 Å². The highest BCUT2D eigenvalue weighted by Crippen LogP contribution is 2.10. The highest BCUT2D eigenvalue weighted by molar-refractivity contribution is 4.66. The van der Waals surface area contributed by atoms with Crippen LogP contribution in [0.15, 0.2) is 0 Å². The van der Waals surface area contributed by atoms with E-state index in [9.17, 15) is 5.11 Å². The van der Waals surface area contributed by atoms with Crippen LogP contribution < -0.4 is 5.11 Å². The van der Waals surface area contributed by atoms with Crippen molar-refractivity contribution in [3.63, 3.8) is 0 Å². The zero-order valence-electron chi connectivity index (χ0n) is 3.52. The van der Waals surface area contributed by atoms with Gasteiger partial charge in [-0.15, -0.1) is 6.61 Å². The smallest absolute Gasteiger partial charge is 0.0797 e. The third-order valence-corrected chi connectivity index (χ3v) is 0.842. The third-order valence-electron chi connectivity index (χ3n) is 0.842. The van der Waals surface area contributed by atoms with Crippen molar-refractivity contribution >= 4 is 0 Å². The van der Waals surface area contributed by atoms with Gasteiger partial charge >= 0.3 is 0 Å². The van der Waals surface area contributed by atoms with Gasteiger partial charge in [0.15, 0.2) is 0 Å². The normalized spacial score (nSPS) is 30.5. The van der Waals surface area contributed by atoms with Crippen molar-refractivity contribution < 1.29 is 9.84 Å². The van der Waals surface area contributed by atoms with Gasteiger partial charge in [0, 0.05) is 0 Å². The Hall–Kier alpha value is -0.0800. The number of rotatable bonds is 2. The Bertz CT molecular complexity index is 40.8. The fraction of sp³-hybridized carbons (Fsp3) is 1.00. The maximum atomic E-state index is 9.70. The molecule has 2 nitrogen and oxygen atoms in total. The van der Waals surface area contributed by atoms with Gasteiger partial charge in [-0.25, -0.2) is 0 Å². The number of ether oxygens (including phenoxy) is 1. The summed E-state index contributed by atoms with van der Waals surface area (Å²) in [7, 11) is 0. The Kier molecular flexibility index (Phi) is 1.08. The maximum absolute atomic E-state index is 9.70. The second-order valence-electron chi connectivity index (χ2n) is 1.45. The minimum Gasteiger partial charge on any atom is -0.854 e. The van der Waals surface area contributed by atoms with Crippen molar-refractivity contribution in [3.05, 3.63) is 0 Å². The second-order valence-corrected chi connectivity index (χ2v) is 1.45. The summed E-state index contributed by atoms with van der Waals surface area (Å²) in [6, 6.07) is 0. The third kappa shape index (κ3) is 0.954. The van der Waals surface area contributed by atoms with E-state index in [-0.39, 0.29) is 6.61 Å². The maximum Gasteiger partial charge on any atom is 0.0797 e. The molecule has 6 heavy (non-hydrogen) atoms. The SMILES string of the molecule is [O-]CCC1CO1. The zero-order valence-corrected chi connectivity index (χ0v) is 3.52. The van der Waals surface area contributed by atoms with Crippen LogP contribution in [-0.4, -0.2) is 19.3 Å². The lowest BCUT2D eigenvalue weighted by atomic mass is 10.4. The van der Waals surface area contributed by atoms with E-state index in [1.807, 2.05) is 0 Å². The van der Waals surface area contributed by atoms with Gasteiger partial charge in [0.1, 0.15) is 0 Å². The summed E-state index contributed by atoms with van der Waals surface area (Å²) in [4.78, 5) is 0. The lowest BCUT2D eigenvalue weighted by Crippen LogP contribution is -2.07. The molecule has 0 amide bonds. The highest BCUT2D eigenvalue weighted by Gasteiger charge is 2.18. The van der Waals surface area contributed by atoms with Crippen LogP contribution in [0.1, 0.15) is 6.42 Å². The van der Waals surface area contributed by atoms with E-state index in [1.165, 1.54) is 0 Å². The summed E-state index contributed by atoms with van der Waals surface area (Å²) in [5.74, 6) is 0. The fourth-order valence-corrected chi connectivity index (χ4v) is 0.366. The van der Waals surface area contributed by atoms with Gasteiger partial charge in [0.25, 0.3) is 0 Å². The monoisotopic (exact) mass is 87.0 g/mol. The summed E-state index contributed by atoms with van der Waals surface area (Å²) in [6.45, 7) is 0.840. The van der Waals surface area contributed by atoms with E-state index in [2.05, 4.69) is 0 Å². The molecule has 0 N–H and O–H groups in total. The molecular weight excluding hydrogens is 80.0 g/mol. The van der Waals surface area contributed by atoms with E-state index < -0.39 is 0 Å². The van der Waals surface area contributed by atoms with Crippen LogP contribution in [0, 0.1) is 0 Å². The molecule has 0 saturated carbocycles. The van der Waals surface area contributed by atoms with Crippen LogP contribution in [0.3, 0.4) is 0 Å². The van der Waals surface area contributed by atoms with Gasteiger partial charge in [-0.05, 0) is 6.42 Å². The summed E-state index contributed by atoms with van der Waals surface area (Å²) >= 11 is 0. The Morgan fingerprint density at radius 2 is 2.50 bits per heavy atom. The zero-order chi connectivity index (χ0) is 4.41. The van der Waals surface area contributed by atoms with Crippen molar-refractivity contribution in [2.45, 2.75) is 12.5 Å². The number of epoxide rings is 1. The Morgan fingerprint density at radius 3 is 2.67 bits per heavy atom. The second kappa shape index (κ2) is 1.58. The average Bonchev–Trinajstić information content (AvgIpc) is 2.21. The molecule has 0 aromatic rings. The van der Waals surface area contributed by atoms with Crippen LogP contribution in [0.25, 0.3) is 0 Å². The van der Waals surface area contributed by atoms with E-state index in [1.54, 1.807) is 0 Å². The van der Waals surface area contributed by atoms with Crippen molar-refractivity contribution in [1.29, 1.82) is 0 Å². The molecule has 1 unspecified atom stereocenters. The Morgan fingerprint density at radius 1 is 1.83 bits per heavy atom. The molecule has 0 bridgehead atoms. The van der Waals surface area contributed by atoms with E-state index >= 15 is 0 Å². The van der Waals surface area contributed by atoms with Crippen molar-refractivity contribution in [2.24, 2.45) is 0 Å². The molecule has 1 rings (SSSR count). The van der Waals surface area contributed by atoms with E-state index in [0.717, 1.165) is 6.61 Å². The molecule has 0 radical (unpaired) electrons. The van der Waals surface area contributed by atoms with Crippen molar-refractivity contribution in [3.8, 4) is 0 Å². The summed E-state index contributed by atoms with van der Waals surface area (Å²) in [6.07, 6.45) is 1.04. The molecule has 1 aliphatic rings. The van der Waals surface area contributed by atoms with Crippen LogP contribution in [0.4, 0.5) is 0 Å². The Balaban J connectivity index is 1.88. The quantitative estimate of drug-likeness (QED) is 0.411. The number of hydrogen-bond acceptors (Lipinski definition) is 2. The van der Waals surface area contributed by atoms with Gasteiger partial charge in [0.2, 0.25) is 0 Å². The van der Waals surface area contributed by atoms with Crippen molar-refractivity contribution in [2.75, 3.05) is 13.2 Å². The average molecular weight is 87.1 g/mol. The minimum absolute atomic E-state index is 0.0185. The fourth-order valence-electron chi connectivity index (χ4n) is 0.366. The molecule has 2 heteroatoms. The lowest BCUT2D eigenvalue weighted by molar-refractivity contribution is -0.368. The van der Waals surface area contributed by atoms with E-state index in [0.29, 0.717) is 12.5 Å². The molecule has 0 aromatic carbocycles. The molecule has 1 heterocycles. The molecular formula is C4H7O2-. The van der Waals surface area contributed by atoms with Gasteiger partial charge in [-0.1, -0.05) is 0 Å².